The lowest BCUT2D eigenvalue weighted by Gasteiger charge is -2.32. The average Bonchev–Trinajstić information content (AvgIpc) is 3.02. The number of rotatable bonds is 6. The summed E-state index contributed by atoms with van der Waals surface area (Å²) in [6, 6.07) is 11.9. The summed E-state index contributed by atoms with van der Waals surface area (Å²) in [5, 5.41) is 13.3. The molecule has 6 heteroatoms. The van der Waals surface area contributed by atoms with Crippen molar-refractivity contribution in [1.29, 1.82) is 0 Å². The monoisotopic (exact) mass is 355 g/mol. The number of amides is 1. The molecule has 6 nitrogen and oxygen atoms in total. The van der Waals surface area contributed by atoms with Crippen LogP contribution in [0, 0.1) is 5.92 Å². The van der Waals surface area contributed by atoms with Crippen molar-refractivity contribution < 1.29 is 14.7 Å². The van der Waals surface area contributed by atoms with Crippen molar-refractivity contribution in [2.75, 3.05) is 6.54 Å². The van der Waals surface area contributed by atoms with Gasteiger partial charge in [-0.3, -0.25) is 14.3 Å². The lowest BCUT2D eigenvalue weighted by molar-refractivity contribution is -0.137. The van der Waals surface area contributed by atoms with Crippen LogP contribution in [0.5, 0.6) is 0 Å². The Balaban J connectivity index is 1.74. The third kappa shape index (κ3) is 3.95. The number of benzene rings is 1. The minimum absolute atomic E-state index is 0.0720. The van der Waals surface area contributed by atoms with Crippen LogP contribution in [0.4, 0.5) is 0 Å². The highest BCUT2D eigenvalue weighted by molar-refractivity contribution is 5.84. The molecule has 0 aliphatic carbocycles. The molecule has 0 spiro atoms. The number of carboxylic acid groups (broad SMARTS) is 1. The largest absolute Gasteiger partial charge is 0.481 e. The van der Waals surface area contributed by atoms with Gasteiger partial charge in [0.25, 0.3) is 0 Å². The maximum atomic E-state index is 13.2. The highest BCUT2D eigenvalue weighted by Gasteiger charge is 2.31. The van der Waals surface area contributed by atoms with Gasteiger partial charge in [-0.1, -0.05) is 44.2 Å². The van der Waals surface area contributed by atoms with Crippen molar-refractivity contribution >= 4 is 11.9 Å². The van der Waals surface area contributed by atoms with E-state index in [1.54, 1.807) is 0 Å². The Morgan fingerprint density at radius 2 is 1.92 bits per heavy atom. The van der Waals surface area contributed by atoms with Crippen molar-refractivity contribution in [3.63, 3.8) is 0 Å². The molecule has 0 fully saturated rings. The van der Waals surface area contributed by atoms with Gasteiger partial charge in [0.15, 0.2) is 0 Å². The predicted octanol–water partition coefficient (Wildman–Crippen LogP) is 2.68. The Hall–Kier alpha value is -2.63. The highest BCUT2D eigenvalue weighted by Crippen LogP contribution is 2.28. The average molecular weight is 355 g/mol. The number of aliphatic carboxylic acids is 1. The van der Waals surface area contributed by atoms with E-state index in [-0.39, 0.29) is 24.2 Å². The van der Waals surface area contributed by atoms with E-state index in [4.69, 9.17) is 5.11 Å². The van der Waals surface area contributed by atoms with Crippen LogP contribution < -0.4 is 0 Å². The van der Waals surface area contributed by atoms with Gasteiger partial charge in [0, 0.05) is 13.0 Å². The van der Waals surface area contributed by atoms with Crippen LogP contribution >= 0.6 is 0 Å². The second-order valence-corrected chi connectivity index (χ2v) is 7.14. The number of hydrogen-bond donors (Lipinski definition) is 1. The molecule has 26 heavy (non-hydrogen) atoms. The molecule has 1 amide bonds. The van der Waals surface area contributed by atoms with Gasteiger partial charge < -0.3 is 10.0 Å². The Morgan fingerprint density at radius 3 is 2.58 bits per heavy atom. The number of fused-ring (bicyclic) bond motifs is 1. The fraction of sp³-hybridized carbons (Fsp3) is 0.450. The Labute approximate surface area is 153 Å². The lowest BCUT2D eigenvalue weighted by atomic mass is 9.87. The molecule has 1 aliphatic rings. The van der Waals surface area contributed by atoms with Crippen molar-refractivity contribution in [1.82, 2.24) is 14.7 Å². The number of nitrogens with zero attached hydrogens (tertiary/aromatic N) is 3. The Bertz CT molecular complexity index is 783. The molecule has 1 atom stereocenters. The molecule has 3 rings (SSSR count). The van der Waals surface area contributed by atoms with E-state index in [0.717, 1.165) is 17.0 Å². The summed E-state index contributed by atoms with van der Waals surface area (Å²) in [6.45, 7) is 5.95. The Kier molecular flexibility index (Phi) is 5.40. The number of carboxylic acids is 1. The number of aromatic nitrogens is 2. The van der Waals surface area contributed by atoms with Gasteiger partial charge in [-0.15, -0.1) is 0 Å². The second-order valence-electron chi connectivity index (χ2n) is 7.14. The van der Waals surface area contributed by atoms with E-state index in [1.165, 1.54) is 0 Å². The summed E-state index contributed by atoms with van der Waals surface area (Å²) < 4.78 is 1.90. The topological polar surface area (TPSA) is 75.4 Å². The molecule has 1 aromatic heterocycles. The number of hydrogen-bond acceptors (Lipinski definition) is 3. The van der Waals surface area contributed by atoms with Crippen LogP contribution in [0.3, 0.4) is 0 Å². The lowest BCUT2D eigenvalue weighted by Crippen LogP contribution is -2.42. The fourth-order valence-corrected chi connectivity index (χ4v) is 3.54. The van der Waals surface area contributed by atoms with Crippen LogP contribution in [-0.2, 0) is 29.1 Å². The van der Waals surface area contributed by atoms with Crippen LogP contribution in [0.2, 0.25) is 0 Å². The van der Waals surface area contributed by atoms with Gasteiger partial charge >= 0.3 is 5.97 Å². The van der Waals surface area contributed by atoms with Gasteiger partial charge in [0.05, 0.1) is 36.8 Å². The molecule has 1 N–H and O–H groups in total. The van der Waals surface area contributed by atoms with Crippen molar-refractivity contribution in [2.24, 2.45) is 5.92 Å². The summed E-state index contributed by atoms with van der Waals surface area (Å²) in [6.07, 6.45) is 0.491. The summed E-state index contributed by atoms with van der Waals surface area (Å²) >= 11 is 0. The van der Waals surface area contributed by atoms with E-state index in [0.29, 0.717) is 26.1 Å². The zero-order valence-corrected chi connectivity index (χ0v) is 15.3. The fourth-order valence-electron chi connectivity index (χ4n) is 3.54. The summed E-state index contributed by atoms with van der Waals surface area (Å²) in [4.78, 5) is 25.8. The maximum Gasteiger partial charge on any atom is 0.303 e. The molecule has 2 heterocycles. The highest BCUT2D eigenvalue weighted by atomic mass is 16.4. The van der Waals surface area contributed by atoms with Crippen LogP contribution in [-0.4, -0.2) is 38.2 Å². The first-order valence-electron chi connectivity index (χ1n) is 9.07. The van der Waals surface area contributed by atoms with Crippen molar-refractivity contribution in [2.45, 2.75) is 45.7 Å². The first-order chi connectivity index (χ1) is 12.5. The molecule has 0 saturated heterocycles. The molecule has 2 aromatic rings. The van der Waals surface area contributed by atoms with Gasteiger partial charge in [-0.05, 0) is 17.5 Å². The van der Waals surface area contributed by atoms with Gasteiger partial charge in [0.2, 0.25) is 5.91 Å². The number of aryl methyl sites for hydroxylation is 1. The summed E-state index contributed by atoms with van der Waals surface area (Å²) in [5.41, 5.74) is 2.80. The molecule has 0 bridgehead atoms. The van der Waals surface area contributed by atoms with Gasteiger partial charge in [0.1, 0.15) is 0 Å². The SMILES string of the molecule is CC(C)[C@@H](C(=O)N1CCn2nc(CCC(=O)O)cc2C1)c1ccccc1. The van der Waals surface area contributed by atoms with E-state index in [1.807, 2.05) is 46.0 Å². The molecule has 0 radical (unpaired) electrons. The molecular formula is C20H25N3O3. The molecule has 0 unspecified atom stereocenters. The smallest absolute Gasteiger partial charge is 0.303 e. The van der Waals surface area contributed by atoms with E-state index >= 15 is 0 Å². The van der Waals surface area contributed by atoms with Gasteiger partial charge in [-0.25, -0.2) is 0 Å². The maximum absolute atomic E-state index is 13.2. The number of carbonyl (C=O) groups excluding carboxylic acids is 1. The first-order valence-corrected chi connectivity index (χ1v) is 9.07. The zero-order chi connectivity index (χ0) is 18.7. The standard InChI is InChI=1S/C20H25N3O3/c1-14(2)19(15-6-4-3-5-7-15)20(26)22-10-11-23-17(13-22)12-16(21-23)8-9-18(24)25/h3-7,12,14,19H,8-11,13H2,1-2H3,(H,24,25)/t19-/m1/s1. The van der Waals surface area contributed by atoms with Crippen LogP contribution in [0.25, 0.3) is 0 Å². The van der Waals surface area contributed by atoms with E-state index in [9.17, 15) is 9.59 Å². The minimum Gasteiger partial charge on any atom is -0.481 e. The molecule has 1 aliphatic heterocycles. The van der Waals surface area contributed by atoms with Gasteiger partial charge in [-0.2, -0.15) is 5.10 Å². The summed E-state index contributed by atoms with van der Waals surface area (Å²) in [7, 11) is 0. The molecular weight excluding hydrogens is 330 g/mol. The van der Waals surface area contributed by atoms with E-state index in [2.05, 4.69) is 18.9 Å². The third-order valence-electron chi connectivity index (χ3n) is 4.85. The van der Waals surface area contributed by atoms with E-state index < -0.39 is 5.97 Å². The van der Waals surface area contributed by atoms with Crippen LogP contribution in [0.15, 0.2) is 36.4 Å². The zero-order valence-electron chi connectivity index (χ0n) is 15.3. The van der Waals surface area contributed by atoms with Crippen LogP contribution in [0.1, 0.15) is 43.1 Å². The Morgan fingerprint density at radius 1 is 1.19 bits per heavy atom. The minimum atomic E-state index is -0.824. The normalized spacial score (nSPS) is 15.0. The second kappa shape index (κ2) is 7.72. The molecule has 0 saturated carbocycles. The quantitative estimate of drug-likeness (QED) is 0.864. The number of carbonyl (C=O) groups is 2. The predicted molar refractivity (Wildman–Crippen MR) is 97.6 cm³/mol. The first kappa shape index (κ1) is 18.2. The molecule has 138 valence electrons. The summed E-state index contributed by atoms with van der Waals surface area (Å²) in [5.74, 6) is -0.624. The van der Waals surface area contributed by atoms with Crippen molar-refractivity contribution in [3.05, 3.63) is 53.3 Å². The molecule has 1 aromatic carbocycles. The third-order valence-corrected chi connectivity index (χ3v) is 4.85. The van der Waals surface area contributed by atoms with Crippen molar-refractivity contribution in [3.8, 4) is 0 Å².